The molecule has 0 fully saturated rings. The molecule has 4 aromatic rings. The summed E-state index contributed by atoms with van der Waals surface area (Å²) < 4.78 is 13.3. The number of esters is 1. The van der Waals surface area contributed by atoms with Crippen LogP contribution in [0, 0.1) is 17.0 Å². The molecule has 1 atom stereocenters. The van der Waals surface area contributed by atoms with Crippen molar-refractivity contribution in [1.29, 1.82) is 0 Å². The Morgan fingerprint density at radius 3 is 2.54 bits per heavy atom. The van der Waals surface area contributed by atoms with Crippen molar-refractivity contribution in [1.82, 2.24) is 20.6 Å². The molecule has 5 rings (SSSR count). The Balaban J connectivity index is 1.29. The number of hydrogen-bond acceptors (Lipinski definition) is 8. The maximum absolute atomic E-state index is 12.8. The Labute approximate surface area is 270 Å². The maximum Gasteiger partial charge on any atom is 0.338 e. The zero-order valence-electron chi connectivity index (χ0n) is 25.4. The van der Waals surface area contributed by atoms with E-state index in [1.807, 2.05) is 31.2 Å². The molecule has 3 aromatic carbocycles. The fourth-order valence-corrected chi connectivity index (χ4v) is 5.60. The van der Waals surface area contributed by atoms with Gasteiger partial charge in [0.1, 0.15) is 5.75 Å². The summed E-state index contributed by atoms with van der Waals surface area (Å²) in [5, 5.41) is 22.6. The minimum absolute atomic E-state index is 0.0364. The topological polar surface area (TPSA) is 149 Å². The highest BCUT2D eigenvalue weighted by Gasteiger charge is 2.32. The molecule has 1 aliphatic rings. The van der Waals surface area contributed by atoms with Gasteiger partial charge in [0.2, 0.25) is 0 Å². The smallest absolute Gasteiger partial charge is 0.338 e. The number of nitrogens with one attached hydrogen (secondary N) is 3. The number of rotatable bonds is 11. The molecule has 0 bridgehead atoms. The van der Waals surface area contributed by atoms with Crippen LogP contribution in [0.5, 0.6) is 5.75 Å². The highest BCUT2D eigenvalue weighted by atomic mass is 32.1. The van der Waals surface area contributed by atoms with Crippen molar-refractivity contribution in [2.24, 2.45) is 5.10 Å². The van der Waals surface area contributed by atoms with E-state index in [2.05, 4.69) is 25.7 Å². The summed E-state index contributed by atoms with van der Waals surface area (Å²) in [5.41, 5.74) is 7.72. The first kappa shape index (κ1) is 31.9. The number of non-ortho nitro benzene ring substituents is 1. The zero-order chi connectivity index (χ0) is 32.8. The van der Waals surface area contributed by atoms with E-state index in [0.29, 0.717) is 34.2 Å². The van der Waals surface area contributed by atoms with Crippen LogP contribution >= 0.6 is 12.2 Å². The maximum atomic E-state index is 12.8. The van der Waals surface area contributed by atoms with Gasteiger partial charge in [-0.25, -0.2) is 10.2 Å². The molecule has 2 heterocycles. The molecule has 46 heavy (non-hydrogen) atoms. The van der Waals surface area contributed by atoms with Gasteiger partial charge >= 0.3 is 5.97 Å². The Morgan fingerprint density at radius 1 is 1.09 bits per heavy atom. The number of benzene rings is 3. The second-order valence-corrected chi connectivity index (χ2v) is 10.8. The third kappa shape index (κ3) is 6.89. The molecule has 0 saturated heterocycles. The fraction of sp³-hybridized carbons (Fsp3) is 0.212. The number of allylic oxidation sites excluding steroid dienone is 1. The molecule has 236 valence electrons. The third-order valence-corrected chi connectivity index (χ3v) is 7.72. The van der Waals surface area contributed by atoms with Crippen LogP contribution in [0.1, 0.15) is 42.3 Å². The second kappa shape index (κ2) is 14.0. The molecular formula is C33H32N6O6S. The minimum atomic E-state index is -0.642. The van der Waals surface area contributed by atoms with Crippen LogP contribution in [-0.4, -0.2) is 45.9 Å². The first-order chi connectivity index (χ1) is 22.2. The van der Waals surface area contributed by atoms with E-state index in [4.69, 9.17) is 21.7 Å². The molecule has 0 unspecified atom stereocenters. The number of thiocarbonyl (C=S) groups is 1. The van der Waals surface area contributed by atoms with Crippen LogP contribution in [0.2, 0.25) is 0 Å². The van der Waals surface area contributed by atoms with Crippen molar-refractivity contribution < 1.29 is 24.0 Å². The summed E-state index contributed by atoms with van der Waals surface area (Å²) in [6.45, 7) is 5.82. The van der Waals surface area contributed by atoms with Crippen molar-refractivity contribution in [2.45, 2.75) is 33.4 Å². The van der Waals surface area contributed by atoms with E-state index in [9.17, 15) is 19.7 Å². The number of fused-ring (bicyclic) bond motifs is 1. The van der Waals surface area contributed by atoms with Gasteiger partial charge in [-0.3, -0.25) is 14.9 Å². The van der Waals surface area contributed by atoms with Crippen molar-refractivity contribution >= 4 is 52.0 Å². The molecular weight excluding hydrogens is 608 g/mol. The number of hydrogen-bond donors (Lipinski definition) is 3. The second-order valence-electron chi connectivity index (χ2n) is 10.4. The first-order valence-electron chi connectivity index (χ1n) is 14.5. The van der Waals surface area contributed by atoms with Gasteiger partial charge in [-0.05, 0) is 50.7 Å². The average Bonchev–Trinajstić information content (AvgIpc) is 3.30. The number of nitro benzene ring substituents is 1. The highest BCUT2D eigenvalue weighted by Crippen LogP contribution is 2.33. The van der Waals surface area contributed by atoms with Gasteiger partial charge in [0.15, 0.2) is 11.7 Å². The SMILES string of the molecule is CCOC(=O)C1=C(C)NC(=S)N[C@@H]1c1ccccc1OCC(=O)NN=Cc1c(C)n(Cc2ccc([N+](=O)[O-])cc2)c2ccccc12. The number of hydrazone groups is 1. The Hall–Kier alpha value is -5.56. The van der Waals surface area contributed by atoms with Crippen LogP contribution in [-0.2, 0) is 20.9 Å². The standard InChI is InChI=1S/C33H32N6O6S/c1-4-44-32(41)30-20(2)35-33(46)36-31(30)25-10-6-8-12-28(25)45-19-29(40)37-34-17-26-21(3)38(27-11-7-5-9-24(26)27)18-22-13-15-23(16-14-22)39(42)43/h5-17,31H,4,18-19H2,1-3H3,(H,37,40)(H2,35,36,46)/t31-/m1/s1. The number of para-hydroxylation sites is 2. The number of nitro groups is 1. The van der Waals surface area contributed by atoms with Crippen LogP contribution in [0.3, 0.4) is 0 Å². The molecule has 0 spiro atoms. The Kier molecular flexibility index (Phi) is 9.72. The number of carbonyl (C=O) groups is 2. The minimum Gasteiger partial charge on any atom is -0.483 e. The van der Waals surface area contributed by atoms with Crippen molar-refractivity contribution in [2.75, 3.05) is 13.2 Å². The number of ether oxygens (including phenoxy) is 2. The van der Waals surface area contributed by atoms with Gasteiger partial charge in [-0.1, -0.05) is 48.5 Å². The lowest BCUT2D eigenvalue weighted by atomic mass is 9.95. The van der Waals surface area contributed by atoms with E-state index in [1.165, 1.54) is 12.1 Å². The van der Waals surface area contributed by atoms with Gasteiger partial charge in [0.05, 0.1) is 29.4 Å². The lowest BCUT2D eigenvalue weighted by molar-refractivity contribution is -0.384. The van der Waals surface area contributed by atoms with Gasteiger partial charge in [0.25, 0.3) is 11.6 Å². The highest BCUT2D eigenvalue weighted by molar-refractivity contribution is 7.80. The third-order valence-electron chi connectivity index (χ3n) is 7.50. The Morgan fingerprint density at radius 2 is 1.80 bits per heavy atom. The largest absolute Gasteiger partial charge is 0.483 e. The first-order valence-corrected chi connectivity index (χ1v) is 14.9. The molecule has 1 aromatic heterocycles. The monoisotopic (exact) mass is 640 g/mol. The number of aromatic nitrogens is 1. The molecule has 3 N–H and O–H groups in total. The molecule has 0 aliphatic carbocycles. The van der Waals surface area contributed by atoms with Crippen molar-refractivity contribution in [3.63, 3.8) is 0 Å². The lowest BCUT2D eigenvalue weighted by Gasteiger charge is -2.30. The molecule has 0 radical (unpaired) electrons. The molecule has 12 nitrogen and oxygen atoms in total. The van der Waals surface area contributed by atoms with Gasteiger partial charge in [0, 0.05) is 52.1 Å². The van der Waals surface area contributed by atoms with Gasteiger partial charge < -0.3 is 24.7 Å². The van der Waals surface area contributed by atoms with Crippen LogP contribution in [0.15, 0.2) is 89.2 Å². The Bertz CT molecular complexity index is 1880. The van der Waals surface area contributed by atoms with Gasteiger partial charge in [-0.15, -0.1) is 0 Å². The van der Waals surface area contributed by atoms with Gasteiger partial charge in [-0.2, -0.15) is 5.10 Å². The molecule has 1 aliphatic heterocycles. The zero-order valence-corrected chi connectivity index (χ0v) is 26.2. The van der Waals surface area contributed by atoms with Crippen molar-refractivity contribution in [3.05, 3.63) is 117 Å². The number of nitrogens with zero attached hydrogens (tertiary/aromatic N) is 3. The summed E-state index contributed by atoms with van der Waals surface area (Å²) in [4.78, 5) is 36.2. The predicted molar refractivity (Wildman–Crippen MR) is 177 cm³/mol. The van der Waals surface area contributed by atoms with E-state index >= 15 is 0 Å². The summed E-state index contributed by atoms with van der Waals surface area (Å²) in [6.07, 6.45) is 1.59. The van der Waals surface area contributed by atoms with E-state index in [0.717, 1.165) is 27.7 Å². The molecule has 1 amide bonds. The van der Waals surface area contributed by atoms with Crippen LogP contribution in [0.25, 0.3) is 10.9 Å². The number of carbonyl (C=O) groups excluding carboxylic acids is 2. The predicted octanol–water partition coefficient (Wildman–Crippen LogP) is 4.79. The van der Waals surface area contributed by atoms with E-state index < -0.39 is 22.8 Å². The average molecular weight is 641 g/mol. The van der Waals surface area contributed by atoms with E-state index in [-0.39, 0.29) is 18.9 Å². The number of amides is 1. The van der Waals surface area contributed by atoms with E-state index in [1.54, 1.807) is 56.5 Å². The summed E-state index contributed by atoms with van der Waals surface area (Å²) in [5.74, 6) is -0.577. The summed E-state index contributed by atoms with van der Waals surface area (Å²) >= 11 is 5.33. The van der Waals surface area contributed by atoms with Crippen LogP contribution in [0.4, 0.5) is 5.69 Å². The van der Waals surface area contributed by atoms with Crippen LogP contribution < -0.4 is 20.8 Å². The van der Waals surface area contributed by atoms with Crippen molar-refractivity contribution in [3.8, 4) is 5.75 Å². The molecule has 13 heteroatoms. The summed E-state index contributed by atoms with van der Waals surface area (Å²) in [7, 11) is 0. The quantitative estimate of drug-likeness (QED) is 0.0692. The normalized spacial score (nSPS) is 14.6. The fourth-order valence-electron chi connectivity index (χ4n) is 5.33. The lowest BCUT2D eigenvalue weighted by Crippen LogP contribution is -2.45. The molecule has 0 saturated carbocycles. The summed E-state index contributed by atoms with van der Waals surface area (Å²) in [6, 6.07) is 20.7.